The molecule has 3 atom stereocenters. The molecule has 0 aromatic rings. The quantitative estimate of drug-likeness (QED) is 0.208. The van der Waals surface area contributed by atoms with Crippen LogP contribution in [0.4, 0.5) is 0 Å². The minimum atomic E-state index is -1.10. The number of thiol groups is 2. The maximum atomic E-state index is 11.1. The van der Waals surface area contributed by atoms with E-state index in [1.807, 2.05) is 0 Å². The summed E-state index contributed by atoms with van der Waals surface area (Å²) in [5, 5.41) is 18.1. The third-order valence-corrected chi connectivity index (χ3v) is 5.17. The number of carboxylic acid groups (broad SMARTS) is 2. The molecule has 0 aliphatic rings. The number of carbonyl (C=O) groups is 2. The molecule has 0 saturated heterocycles. The van der Waals surface area contributed by atoms with Gasteiger partial charge in [-0.15, -0.1) is 0 Å². The second-order valence-corrected chi connectivity index (χ2v) is 19.4. The Morgan fingerprint density at radius 3 is 1.61 bits per heavy atom. The molecule has 0 aromatic heterocycles. The van der Waals surface area contributed by atoms with Crippen LogP contribution in [0.25, 0.3) is 0 Å². The molecule has 0 aromatic carbocycles. The van der Waals surface area contributed by atoms with Gasteiger partial charge < -0.3 is 0 Å². The van der Waals surface area contributed by atoms with E-state index in [4.69, 9.17) is 10.2 Å². The number of carboxylic acids is 2. The van der Waals surface area contributed by atoms with E-state index >= 15 is 0 Å². The minimum absolute atomic E-state index is 0.198. The fourth-order valence-electron chi connectivity index (χ4n) is 1.25. The molecular formula is C9H18N2O4RaS2. The van der Waals surface area contributed by atoms with Crippen molar-refractivity contribution >= 4 is 37.2 Å². The summed E-state index contributed by atoms with van der Waals surface area (Å²) < 4.78 is -1.47. The standard InChI is InChI=1S/C9H17N2O4S2.Ra.H/c1-4(16)5(7(12)13)10-11-6(8(14)15)9(2,3)17;;/h5-6,10-11,16-17H,1-3H3,(H,12,13)(H,14,15);;/t5-,6+;;/m0../s1. The molecule has 0 fully saturated rings. The Bertz CT molecular complexity index is 296. The van der Waals surface area contributed by atoms with Gasteiger partial charge in [-0.05, 0) is 0 Å². The second-order valence-electron chi connectivity index (χ2n) is 5.14. The normalized spacial score (nSPS) is 18.7. The molecule has 9 heteroatoms. The Morgan fingerprint density at radius 1 is 1.06 bits per heavy atom. The summed E-state index contributed by atoms with van der Waals surface area (Å²) in [6.07, 6.45) is 0. The van der Waals surface area contributed by atoms with Gasteiger partial charge in [0.15, 0.2) is 0 Å². The Morgan fingerprint density at radius 2 is 1.39 bits per heavy atom. The summed E-state index contributed by atoms with van der Waals surface area (Å²) in [6, 6.07) is -1.96. The molecule has 0 aliphatic heterocycles. The van der Waals surface area contributed by atoms with Crippen LogP contribution in [0.5, 0.6) is 0 Å². The number of nitrogens with one attached hydrogen (secondary N) is 2. The average Bonchev–Trinajstić information content (AvgIpc) is 2.05. The molecule has 0 bridgehead atoms. The van der Waals surface area contributed by atoms with E-state index in [0.29, 0.717) is 0 Å². The zero-order chi connectivity index (χ0) is 14.7. The van der Waals surface area contributed by atoms with Gasteiger partial charge in [0.2, 0.25) is 0 Å². The molecule has 0 spiro atoms. The van der Waals surface area contributed by atoms with Crippen molar-refractivity contribution in [3.63, 3.8) is 0 Å². The van der Waals surface area contributed by atoms with Crippen molar-refractivity contribution < 1.29 is 62.6 Å². The number of hydrogen-bond acceptors (Lipinski definition) is 6. The molecule has 18 heavy (non-hydrogen) atoms. The van der Waals surface area contributed by atoms with E-state index in [1.165, 1.54) is 0 Å². The SMILES string of the molecule is CC(C)(S)[C@H](NN[C@H](C(=O)O)[C](C)(S)[RaH])C(=O)O. The van der Waals surface area contributed by atoms with Gasteiger partial charge in [0.05, 0.1) is 0 Å². The van der Waals surface area contributed by atoms with Crippen LogP contribution in [-0.2, 0) is 9.59 Å². The summed E-state index contributed by atoms with van der Waals surface area (Å²) in [7, 11) is 0. The second kappa shape index (κ2) is 7.16. The Labute approximate surface area is 146 Å². The molecular weight excluding hydrogens is 490 g/mol. The van der Waals surface area contributed by atoms with Gasteiger partial charge in [0.25, 0.3) is 0 Å². The van der Waals surface area contributed by atoms with Gasteiger partial charge >= 0.3 is 148 Å². The fourth-order valence-corrected chi connectivity index (χ4v) is 3.21. The Kier molecular flexibility index (Phi) is 7.56. The summed E-state index contributed by atoms with van der Waals surface area (Å²) in [5.41, 5.74) is 5.08. The molecule has 0 saturated carbocycles. The van der Waals surface area contributed by atoms with Gasteiger partial charge in [-0.25, -0.2) is 0 Å². The zero-order valence-electron chi connectivity index (χ0n) is 10.8. The molecule has 6 nitrogen and oxygen atoms in total. The molecule has 1 unspecified atom stereocenters. The molecule has 0 aliphatic carbocycles. The van der Waals surface area contributed by atoms with Crippen LogP contribution in [-0.4, -0.2) is 38.8 Å². The molecule has 0 rings (SSSR count). The summed E-state index contributed by atoms with van der Waals surface area (Å²) in [4.78, 5) is 22.2. The van der Waals surface area contributed by atoms with Crippen molar-refractivity contribution in [1.29, 1.82) is 0 Å². The number of aliphatic carboxylic acids is 2. The first-order valence-corrected chi connectivity index (χ1v) is 10.3. The van der Waals surface area contributed by atoms with Crippen LogP contribution in [0.2, 0.25) is 0 Å². The predicted octanol–water partition coefficient (Wildman–Crippen LogP) is -0.377. The summed E-state index contributed by atoms with van der Waals surface area (Å²) in [6.45, 7) is 4.98. The average molecular weight is 508 g/mol. The first kappa shape index (κ1) is 19.0. The topological polar surface area (TPSA) is 98.7 Å². The first-order chi connectivity index (χ1) is 7.87. The third kappa shape index (κ3) is 6.46. The van der Waals surface area contributed by atoms with Crippen molar-refractivity contribution in [3.05, 3.63) is 0 Å². The van der Waals surface area contributed by atoms with E-state index in [1.54, 1.807) is 20.8 Å². The molecule has 0 amide bonds. The Hall–Kier alpha value is 1.03. The van der Waals surface area contributed by atoms with Gasteiger partial charge in [-0.1, -0.05) is 0 Å². The van der Waals surface area contributed by atoms with Crippen molar-refractivity contribution in [1.82, 2.24) is 10.9 Å². The zero-order valence-corrected chi connectivity index (χ0v) is 20.8. The van der Waals surface area contributed by atoms with Crippen molar-refractivity contribution in [3.8, 4) is 0 Å². The molecule has 0 radical (unpaired) electrons. The fraction of sp³-hybridized carbons (Fsp3) is 0.778. The number of rotatable bonds is 7. The predicted molar refractivity (Wildman–Crippen MR) is 71.0 cm³/mol. The molecule has 0 heterocycles. The molecule has 4 N–H and O–H groups in total. The van der Waals surface area contributed by atoms with Gasteiger partial charge in [-0.3, -0.25) is 0 Å². The van der Waals surface area contributed by atoms with Crippen LogP contribution in [0, 0.1) is 42.8 Å². The van der Waals surface area contributed by atoms with Crippen LogP contribution in [0.15, 0.2) is 0 Å². The van der Waals surface area contributed by atoms with E-state index in [2.05, 4.69) is 36.1 Å². The van der Waals surface area contributed by atoms with E-state index in [9.17, 15) is 9.59 Å². The van der Waals surface area contributed by atoms with Gasteiger partial charge in [-0.2, -0.15) is 0 Å². The summed E-state index contributed by atoms with van der Waals surface area (Å²) in [5.74, 6) is -2.17. The monoisotopic (exact) mass is 508 g/mol. The van der Waals surface area contributed by atoms with Gasteiger partial charge in [0, 0.05) is 0 Å². The maximum absolute atomic E-state index is 11.1. The van der Waals surface area contributed by atoms with Crippen LogP contribution >= 0.6 is 25.3 Å². The Balaban J connectivity index is 4.80. The summed E-state index contributed by atoms with van der Waals surface area (Å²) >= 11 is 8.25. The van der Waals surface area contributed by atoms with Gasteiger partial charge in [0.1, 0.15) is 0 Å². The van der Waals surface area contributed by atoms with Crippen molar-refractivity contribution in [2.45, 2.75) is 37.4 Å². The van der Waals surface area contributed by atoms with Crippen molar-refractivity contribution in [2.75, 3.05) is 0 Å². The van der Waals surface area contributed by atoms with Crippen molar-refractivity contribution in [2.24, 2.45) is 0 Å². The van der Waals surface area contributed by atoms with Crippen LogP contribution in [0.3, 0.4) is 0 Å². The van der Waals surface area contributed by atoms with E-state index in [0.717, 1.165) is 0 Å². The third-order valence-electron chi connectivity index (χ3n) is 2.28. The molecule has 102 valence electrons. The van der Waals surface area contributed by atoms with E-state index < -0.39 is 28.6 Å². The number of hydrazine groups is 1. The number of hydrogen-bond donors (Lipinski definition) is 6. The van der Waals surface area contributed by atoms with E-state index in [-0.39, 0.29) is 42.8 Å². The van der Waals surface area contributed by atoms with Crippen LogP contribution < -0.4 is 10.9 Å². The first-order valence-electron chi connectivity index (χ1n) is 5.28. The van der Waals surface area contributed by atoms with Crippen LogP contribution in [0.1, 0.15) is 20.8 Å².